The molecule has 1 aromatic carbocycles. The van der Waals surface area contributed by atoms with Gasteiger partial charge in [-0.15, -0.1) is 0 Å². The first-order valence-electron chi connectivity index (χ1n) is 7.60. The maximum absolute atomic E-state index is 12.3. The zero-order valence-corrected chi connectivity index (χ0v) is 13.5. The van der Waals surface area contributed by atoms with Gasteiger partial charge in [-0.25, -0.2) is 9.50 Å². The summed E-state index contributed by atoms with van der Waals surface area (Å²) in [6, 6.07) is 14.7. The minimum atomic E-state index is -0.146. The number of aromatic amines is 1. The topological polar surface area (TPSA) is 63.3 Å². The zero-order chi connectivity index (χ0) is 16.5. The number of furan rings is 1. The Labute approximate surface area is 142 Å². The van der Waals surface area contributed by atoms with Gasteiger partial charge in [-0.2, -0.15) is 0 Å². The molecule has 3 heterocycles. The Balaban J connectivity index is 1.65. The van der Waals surface area contributed by atoms with Crippen LogP contribution in [0, 0.1) is 0 Å². The molecule has 24 heavy (non-hydrogen) atoms. The molecule has 4 rings (SSSR count). The molecule has 3 aromatic heterocycles. The van der Waals surface area contributed by atoms with Crippen molar-refractivity contribution in [2.75, 3.05) is 0 Å². The van der Waals surface area contributed by atoms with Crippen molar-refractivity contribution in [1.29, 1.82) is 0 Å². The van der Waals surface area contributed by atoms with Crippen LogP contribution in [0.1, 0.15) is 11.3 Å². The van der Waals surface area contributed by atoms with E-state index in [1.54, 1.807) is 24.5 Å². The molecule has 5 nitrogen and oxygen atoms in total. The number of aromatic nitrogens is 3. The summed E-state index contributed by atoms with van der Waals surface area (Å²) in [5, 5.41) is 3.74. The number of nitrogens with one attached hydrogen (secondary N) is 1. The van der Waals surface area contributed by atoms with Crippen molar-refractivity contribution in [3.05, 3.63) is 81.4 Å². The van der Waals surface area contributed by atoms with E-state index in [0.29, 0.717) is 23.5 Å². The van der Waals surface area contributed by atoms with Crippen molar-refractivity contribution < 1.29 is 4.42 Å². The predicted molar refractivity (Wildman–Crippen MR) is 92.4 cm³/mol. The second-order valence-corrected chi connectivity index (χ2v) is 5.93. The Hall–Kier alpha value is -2.79. The third-order valence-corrected chi connectivity index (χ3v) is 4.27. The highest BCUT2D eigenvalue weighted by Crippen LogP contribution is 2.19. The highest BCUT2D eigenvalue weighted by atomic mass is 35.5. The van der Waals surface area contributed by atoms with Gasteiger partial charge in [0, 0.05) is 22.8 Å². The summed E-state index contributed by atoms with van der Waals surface area (Å²) in [6.07, 6.45) is 2.97. The standard InChI is InChI=1S/C18H14ClN3O2/c19-14-5-2-1-4-12(14)7-8-13-10-18(23)22-17(20-13)11-15(21-22)16-6-3-9-24-16/h1-6,9-11,21H,7-8H2. The maximum Gasteiger partial charge on any atom is 0.272 e. The lowest BCUT2D eigenvalue weighted by molar-refractivity contribution is 0.579. The smallest absolute Gasteiger partial charge is 0.272 e. The number of halogens is 1. The van der Waals surface area contributed by atoms with Crippen LogP contribution in [0.3, 0.4) is 0 Å². The van der Waals surface area contributed by atoms with E-state index in [1.807, 2.05) is 30.3 Å². The van der Waals surface area contributed by atoms with Gasteiger partial charge in [0.15, 0.2) is 11.4 Å². The normalized spacial score (nSPS) is 11.2. The quantitative estimate of drug-likeness (QED) is 0.616. The Kier molecular flexibility index (Phi) is 3.70. The molecule has 1 N–H and O–H groups in total. The fourth-order valence-corrected chi connectivity index (χ4v) is 2.92. The molecule has 0 spiro atoms. The molecule has 0 unspecified atom stereocenters. The van der Waals surface area contributed by atoms with Crippen molar-refractivity contribution in [2.24, 2.45) is 0 Å². The van der Waals surface area contributed by atoms with E-state index in [-0.39, 0.29) is 5.56 Å². The Bertz CT molecular complexity index is 1050. The van der Waals surface area contributed by atoms with Gasteiger partial charge in [0.25, 0.3) is 5.56 Å². The monoisotopic (exact) mass is 339 g/mol. The fourth-order valence-electron chi connectivity index (χ4n) is 2.69. The summed E-state index contributed by atoms with van der Waals surface area (Å²) in [4.78, 5) is 16.9. The van der Waals surface area contributed by atoms with E-state index >= 15 is 0 Å². The van der Waals surface area contributed by atoms with Gasteiger partial charge in [-0.1, -0.05) is 29.8 Å². The van der Waals surface area contributed by atoms with E-state index < -0.39 is 0 Å². The number of hydrogen-bond acceptors (Lipinski definition) is 3. The van der Waals surface area contributed by atoms with Crippen LogP contribution in [0.5, 0.6) is 0 Å². The molecule has 4 aromatic rings. The SMILES string of the molecule is O=c1cc(CCc2ccccc2Cl)nc2cc(-c3ccco3)[nH]n12. The predicted octanol–water partition coefficient (Wildman–Crippen LogP) is 3.72. The first-order chi connectivity index (χ1) is 11.7. The fraction of sp³-hybridized carbons (Fsp3) is 0.111. The van der Waals surface area contributed by atoms with E-state index in [2.05, 4.69) is 10.1 Å². The van der Waals surface area contributed by atoms with Crippen molar-refractivity contribution in [3.8, 4) is 11.5 Å². The molecule has 0 amide bonds. The highest BCUT2D eigenvalue weighted by molar-refractivity contribution is 6.31. The Morgan fingerprint density at radius 3 is 2.79 bits per heavy atom. The van der Waals surface area contributed by atoms with Gasteiger partial charge < -0.3 is 4.42 Å². The third kappa shape index (κ3) is 2.74. The van der Waals surface area contributed by atoms with Crippen LogP contribution in [0.15, 0.2) is 64.0 Å². The lowest BCUT2D eigenvalue weighted by Gasteiger charge is -2.04. The van der Waals surface area contributed by atoms with Crippen molar-refractivity contribution in [2.45, 2.75) is 12.8 Å². The molecule has 0 aliphatic carbocycles. The number of hydrogen-bond donors (Lipinski definition) is 1. The molecule has 0 aliphatic heterocycles. The molecule has 0 saturated heterocycles. The summed E-state index contributed by atoms with van der Waals surface area (Å²) in [5.41, 5.74) is 2.93. The molecule has 120 valence electrons. The molecular weight excluding hydrogens is 326 g/mol. The molecule has 0 atom stereocenters. The summed E-state index contributed by atoms with van der Waals surface area (Å²) in [7, 11) is 0. The summed E-state index contributed by atoms with van der Waals surface area (Å²) < 4.78 is 6.76. The summed E-state index contributed by atoms with van der Waals surface area (Å²) in [5.74, 6) is 0.664. The van der Waals surface area contributed by atoms with E-state index in [0.717, 1.165) is 22.7 Å². The van der Waals surface area contributed by atoms with Gasteiger partial charge in [-0.05, 0) is 36.6 Å². The number of H-pyrrole nitrogens is 1. The van der Waals surface area contributed by atoms with Gasteiger partial charge in [0.1, 0.15) is 5.69 Å². The minimum Gasteiger partial charge on any atom is -0.463 e. The maximum atomic E-state index is 12.3. The number of benzene rings is 1. The van der Waals surface area contributed by atoms with Gasteiger partial charge >= 0.3 is 0 Å². The first-order valence-corrected chi connectivity index (χ1v) is 7.97. The molecular formula is C18H14ClN3O2. The van der Waals surface area contributed by atoms with Crippen LogP contribution in [-0.2, 0) is 12.8 Å². The van der Waals surface area contributed by atoms with Crippen molar-refractivity contribution in [1.82, 2.24) is 14.6 Å². The number of rotatable bonds is 4. The number of aryl methyl sites for hydroxylation is 2. The Morgan fingerprint density at radius 2 is 2.00 bits per heavy atom. The Morgan fingerprint density at radius 1 is 1.12 bits per heavy atom. The van der Waals surface area contributed by atoms with Crippen LogP contribution >= 0.6 is 11.6 Å². The van der Waals surface area contributed by atoms with E-state index in [9.17, 15) is 4.79 Å². The second-order valence-electron chi connectivity index (χ2n) is 5.52. The van der Waals surface area contributed by atoms with Crippen LogP contribution in [0.25, 0.3) is 17.1 Å². The van der Waals surface area contributed by atoms with Crippen LogP contribution < -0.4 is 5.56 Å². The lowest BCUT2D eigenvalue weighted by atomic mass is 10.1. The highest BCUT2D eigenvalue weighted by Gasteiger charge is 2.10. The van der Waals surface area contributed by atoms with Crippen molar-refractivity contribution >= 4 is 17.2 Å². The lowest BCUT2D eigenvalue weighted by Crippen LogP contribution is -2.15. The molecule has 0 aliphatic rings. The van der Waals surface area contributed by atoms with E-state index in [1.165, 1.54) is 4.52 Å². The van der Waals surface area contributed by atoms with Crippen molar-refractivity contribution in [3.63, 3.8) is 0 Å². The average molecular weight is 340 g/mol. The summed E-state index contributed by atoms with van der Waals surface area (Å²) in [6.45, 7) is 0. The molecule has 0 saturated carbocycles. The largest absolute Gasteiger partial charge is 0.463 e. The molecule has 0 bridgehead atoms. The molecule has 0 fully saturated rings. The van der Waals surface area contributed by atoms with E-state index in [4.69, 9.17) is 16.0 Å². The minimum absolute atomic E-state index is 0.146. The number of fused-ring (bicyclic) bond motifs is 1. The van der Waals surface area contributed by atoms with Gasteiger partial charge in [0.2, 0.25) is 0 Å². The zero-order valence-electron chi connectivity index (χ0n) is 12.7. The third-order valence-electron chi connectivity index (χ3n) is 3.90. The molecule has 0 radical (unpaired) electrons. The average Bonchev–Trinajstić information content (AvgIpc) is 3.23. The summed E-state index contributed by atoms with van der Waals surface area (Å²) >= 11 is 6.18. The second kappa shape index (κ2) is 6.02. The van der Waals surface area contributed by atoms with Crippen LogP contribution in [0.2, 0.25) is 5.02 Å². The number of nitrogens with zero attached hydrogens (tertiary/aromatic N) is 2. The first kappa shape index (κ1) is 14.8. The van der Waals surface area contributed by atoms with Crippen LogP contribution in [0.4, 0.5) is 0 Å². The van der Waals surface area contributed by atoms with Gasteiger partial charge in [0.05, 0.1) is 6.26 Å². The molecule has 6 heteroatoms. The van der Waals surface area contributed by atoms with Crippen LogP contribution in [-0.4, -0.2) is 14.6 Å². The van der Waals surface area contributed by atoms with Gasteiger partial charge in [-0.3, -0.25) is 9.89 Å².